The van der Waals surface area contributed by atoms with Gasteiger partial charge in [-0.2, -0.15) is 0 Å². The molecule has 0 spiro atoms. The predicted octanol–water partition coefficient (Wildman–Crippen LogP) is 1.84. The number of nitrogens with one attached hydrogen (secondary N) is 2. The highest BCUT2D eigenvalue weighted by molar-refractivity contribution is 7.90. The topological polar surface area (TPSA) is 92.3 Å². The van der Waals surface area contributed by atoms with E-state index >= 15 is 0 Å². The normalized spacial score (nSPS) is 12.3. The Labute approximate surface area is 151 Å². The van der Waals surface area contributed by atoms with Crippen LogP contribution in [0.1, 0.15) is 11.1 Å². The van der Waals surface area contributed by atoms with Crippen LogP contribution in [0.5, 0.6) is 0 Å². The molecule has 2 aromatic carbocycles. The summed E-state index contributed by atoms with van der Waals surface area (Å²) in [6.45, 7) is 2.57. The number of hydrogen-bond acceptors (Lipinski definition) is 4. The van der Waals surface area contributed by atoms with E-state index in [1.807, 2.05) is 0 Å². The molecule has 26 heavy (non-hydrogen) atoms. The Balaban J connectivity index is 2.01. The molecule has 0 unspecified atom stereocenters. The Hall–Kier alpha value is -1.88. The maximum atomic E-state index is 13.8. The largest absolute Gasteiger partial charge is 0.243 e. The SMILES string of the molecule is Cc1ccc(S(=O)(=O)NCCNS(=O)(=O)c2ccc(C)cc2F)c(F)c1. The average Bonchev–Trinajstić information content (AvgIpc) is 2.51. The third-order valence-corrected chi connectivity index (χ3v) is 6.45. The highest BCUT2D eigenvalue weighted by Gasteiger charge is 2.21. The van der Waals surface area contributed by atoms with E-state index in [2.05, 4.69) is 9.44 Å². The summed E-state index contributed by atoms with van der Waals surface area (Å²) >= 11 is 0. The van der Waals surface area contributed by atoms with Gasteiger partial charge in [0.25, 0.3) is 0 Å². The number of rotatable bonds is 7. The summed E-state index contributed by atoms with van der Waals surface area (Å²) in [5.74, 6) is -1.81. The summed E-state index contributed by atoms with van der Waals surface area (Å²) in [5.41, 5.74) is 1.13. The summed E-state index contributed by atoms with van der Waals surface area (Å²) in [6.07, 6.45) is 0. The van der Waals surface area contributed by atoms with E-state index in [9.17, 15) is 25.6 Å². The quantitative estimate of drug-likeness (QED) is 0.689. The minimum absolute atomic E-state index is 0.331. The molecule has 0 heterocycles. The predicted molar refractivity (Wildman–Crippen MR) is 92.7 cm³/mol. The van der Waals surface area contributed by atoms with Crippen LogP contribution in [0.4, 0.5) is 8.78 Å². The Bertz CT molecular complexity index is 939. The van der Waals surface area contributed by atoms with Crippen LogP contribution in [-0.4, -0.2) is 29.9 Å². The molecule has 0 aliphatic heterocycles. The average molecular weight is 404 g/mol. The zero-order chi connectivity index (χ0) is 19.5. The molecular weight excluding hydrogens is 386 g/mol. The van der Waals surface area contributed by atoms with Gasteiger partial charge in [0.15, 0.2) is 0 Å². The first-order valence-corrected chi connectivity index (χ1v) is 10.5. The van der Waals surface area contributed by atoms with Crippen molar-refractivity contribution in [3.63, 3.8) is 0 Å². The van der Waals surface area contributed by atoms with Crippen LogP contribution in [0.2, 0.25) is 0 Å². The van der Waals surface area contributed by atoms with Gasteiger partial charge in [-0.3, -0.25) is 0 Å². The molecule has 0 fully saturated rings. The fourth-order valence-electron chi connectivity index (χ4n) is 2.17. The van der Waals surface area contributed by atoms with Gasteiger partial charge in [-0.15, -0.1) is 0 Å². The zero-order valence-corrected chi connectivity index (χ0v) is 15.7. The van der Waals surface area contributed by atoms with Crippen molar-refractivity contribution in [3.8, 4) is 0 Å². The highest BCUT2D eigenvalue weighted by Crippen LogP contribution is 2.16. The van der Waals surface area contributed by atoms with Gasteiger partial charge < -0.3 is 0 Å². The molecule has 0 aromatic heterocycles. The van der Waals surface area contributed by atoms with Crippen molar-refractivity contribution in [2.45, 2.75) is 23.6 Å². The van der Waals surface area contributed by atoms with Crippen LogP contribution in [-0.2, 0) is 20.0 Å². The molecule has 0 saturated carbocycles. The van der Waals surface area contributed by atoms with Gasteiger partial charge in [-0.25, -0.2) is 35.1 Å². The van der Waals surface area contributed by atoms with E-state index in [1.165, 1.54) is 12.1 Å². The van der Waals surface area contributed by atoms with Crippen LogP contribution < -0.4 is 9.44 Å². The van der Waals surface area contributed by atoms with Gasteiger partial charge in [0, 0.05) is 13.1 Å². The number of benzene rings is 2. The molecule has 2 N–H and O–H groups in total. The smallest absolute Gasteiger partial charge is 0.210 e. The Morgan fingerprint density at radius 3 is 1.38 bits per heavy atom. The lowest BCUT2D eigenvalue weighted by atomic mass is 10.2. The first-order chi connectivity index (χ1) is 12.0. The van der Waals surface area contributed by atoms with E-state index in [-0.39, 0.29) is 13.1 Å². The summed E-state index contributed by atoms with van der Waals surface area (Å²) < 4.78 is 80.0. The zero-order valence-electron chi connectivity index (χ0n) is 14.1. The van der Waals surface area contributed by atoms with Gasteiger partial charge in [0.1, 0.15) is 21.4 Å². The van der Waals surface area contributed by atoms with Crippen molar-refractivity contribution < 1.29 is 25.6 Å². The molecule has 0 aliphatic rings. The van der Waals surface area contributed by atoms with Crippen LogP contribution >= 0.6 is 0 Å². The van der Waals surface area contributed by atoms with Crippen molar-refractivity contribution in [2.75, 3.05) is 13.1 Å². The fraction of sp³-hybridized carbons (Fsp3) is 0.250. The van der Waals surface area contributed by atoms with Crippen molar-refractivity contribution >= 4 is 20.0 Å². The molecule has 0 amide bonds. The molecular formula is C16H18F2N2O4S2. The van der Waals surface area contributed by atoms with Gasteiger partial charge >= 0.3 is 0 Å². The van der Waals surface area contributed by atoms with Gasteiger partial charge in [0.05, 0.1) is 0 Å². The molecule has 10 heteroatoms. The standard InChI is InChI=1S/C16H18F2N2O4S2/c1-11-3-5-15(13(17)9-11)25(21,22)19-7-8-20-26(23,24)16-6-4-12(2)10-14(16)18/h3-6,9-10,19-20H,7-8H2,1-2H3. The van der Waals surface area contributed by atoms with E-state index in [0.29, 0.717) is 11.1 Å². The van der Waals surface area contributed by atoms with Gasteiger partial charge in [0.2, 0.25) is 20.0 Å². The first kappa shape index (κ1) is 20.4. The number of halogens is 2. The maximum Gasteiger partial charge on any atom is 0.243 e. The molecule has 0 aliphatic carbocycles. The fourth-order valence-corrected chi connectivity index (χ4v) is 4.35. The second-order valence-electron chi connectivity index (χ2n) is 5.66. The Morgan fingerprint density at radius 1 is 0.731 bits per heavy atom. The van der Waals surface area contributed by atoms with E-state index in [0.717, 1.165) is 24.3 Å². The summed E-state index contributed by atoms with van der Waals surface area (Å²) in [6, 6.07) is 7.30. The van der Waals surface area contributed by atoms with E-state index in [4.69, 9.17) is 0 Å². The highest BCUT2D eigenvalue weighted by atomic mass is 32.2. The van der Waals surface area contributed by atoms with Crippen molar-refractivity contribution in [1.82, 2.24) is 9.44 Å². The summed E-state index contributed by atoms with van der Waals surface area (Å²) in [4.78, 5) is -1.06. The van der Waals surface area contributed by atoms with E-state index < -0.39 is 41.5 Å². The van der Waals surface area contributed by atoms with Crippen LogP contribution in [0.25, 0.3) is 0 Å². The molecule has 142 valence electrons. The molecule has 2 rings (SSSR count). The van der Waals surface area contributed by atoms with Gasteiger partial charge in [-0.05, 0) is 49.2 Å². The van der Waals surface area contributed by atoms with Crippen molar-refractivity contribution in [3.05, 3.63) is 59.2 Å². The summed E-state index contributed by atoms with van der Waals surface area (Å²) in [5, 5.41) is 0. The molecule has 2 aromatic rings. The Morgan fingerprint density at radius 2 is 1.08 bits per heavy atom. The third kappa shape index (κ3) is 4.85. The summed E-state index contributed by atoms with van der Waals surface area (Å²) in [7, 11) is -8.28. The lowest BCUT2D eigenvalue weighted by Crippen LogP contribution is -2.35. The number of hydrogen-bond donors (Lipinski definition) is 2. The van der Waals surface area contributed by atoms with Crippen LogP contribution in [0.3, 0.4) is 0 Å². The monoisotopic (exact) mass is 404 g/mol. The van der Waals surface area contributed by atoms with E-state index in [1.54, 1.807) is 13.8 Å². The molecule has 0 radical (unpaired) electrons. The number of sulfonamides is 2. The second-order valence-corrected chi connectivity index (χ2v) is 9.13. The lowest BCUT2D eigenvalue weighted by Gasteiger charge is -2.10. The van der Waals surface area contributed by atoms with Crippen LogP contribution in [0.15, 0.2) is 46.2 Å². The van der Waals surface area contributed by atoms with Crippen molar-refractivity contribution in [1.29, 1.82) is 0 Å². The minimum Gasteiger partial charge on any atom is -0.210 e. The second kappa shape index (κ2) is 7.78. The minimum atomic E-state index is -4.14. The molecule has 6 nitrogen and oxygen atoms in total. The molecule has 0 atom stereocenters. The van der Waals surface area contributed by atoms with Crippen LogP contribution in [0, 0.1) is 25.5 Å². The van der Waals surface area contributed by atoms with Gasteiger partial charge in [-0.1, -0.05) is 12.1 Å². The number of aryl methyl sites for hydroxylation is 2. The first-order valence-electron chi connectivity index (χ1n) is 7.54. The molecule has 0 saturated heterocycles. The molecule has 0 bridgehead atoms. The third-order valence-electron chi connectivity index (χ3n) is 3.46. The van der Waals surface area contributed by atoms with Crippen molar-refractivity contribution in [2.24, 2.45) is 0 Å². The lowest BCUT2D eigenvalue weighted by molar-refractivity contribution is 0.548. The Kier molecular flexibility index (Phi) is 6.12. The maximum absolute atomic E-state index is 13.8.